The number of methoxy groups -OCH3 is 1. The van der Waals surface area contributed by atoms with Gasteiger partial charge in [0.25, 0.3) is 5.56 Å². The van der Waals surface area contributed by atoms with Gasteiger partial charge in [0.05, 0.1) is 12.9 Å². The fourth-order valence-corrected chi connectivity index (χ4v) is 1.22. The Morgan fingerprint density at radius 1 is 1.71 bits per heavy atom. The lowest BCUT2D eigenvalue weighted by molar-refractivity contribution is 0.206. The van der Waals surface area contributed by atoms with Gasteiger partial charge < -0.3 is 14.6 Å². The van der Waals surface area contributed by atoms with E-state index in [9.17, 15) is 4.79 Å². The summed E-state index contributed by atoms with van der Waals surface area (Å²) in [5, 5.41) is 0.103. The lowest BCUT2D eigenvalue weighted by Crippen LogP contribution is -2.25. The van der Waals surface area contributed by atoms with Gasteiger partial charge in [-0.05, 0) is 0 Å². The van der Waals surface area contributed by atoms with Crippen molar-refractivity contribution in [3.8, 4) is 0 Å². The van der Waals surface area contributed by atoms with Gasteiger partial charge >= 0.3 is 0 Å². The Hall–Kier alpha value is -1.07. The van der Waals surface area contributed by atoms with E-state index >= 15 is 0 Å². The predicted molar refractivity (Wildman–Crippen MR) is 55.0 cm³/mol. The number of hydrogen-bond donors (Lipinski definition) is 1. The number of anilines is 1. The summed E-state index contributed by atoms with van der Waals surface area (Å²) < 4.78 is 4.91. The highest BCUT2D eigenvalue weighted by Crippen LogP contribution is 2.15. The van der Waals surface area contributed by atoms with E-state index < -0.39 is 0 Å². The molecule has 0 atom stereocenters. The maximum absolute atomic E-state index is 11.1. The highest BCUT2D eigenvalue weighted by Gasteiger charge is 2.09. The Morgan fingerprint density at radius 2 is 2.43 bits per heavy atom. The van der Waals surface area contributed by atoms with Crippen molar-refractivity contribution in [3.05, 3.63) is 21.7 Å². The Morgan fingerprint density at radius 3 is 3.07 bits per heavy atom. The number of aromatic nitrogens is 2. The normalized spacial score (nSPS) is 10.2. The zero-order valence-electron chi connectivity index (χ0n) is 8.08. The van der Waals surface area contributed by atoms with Crippen LogP contribution in [0.3, 0.4) is 0 Å². The van der Waals surface area contributed by atoms with Gasteiger partial charge in [0.15, 0.2) is 5.82 Å². The second kappa shape index (κ2) is 4.97. The predicted octanol–water partition coefficient (Wildman–Crippen LogP) is 0.506. The van der Waals surface area contributed by atoms with Gasteiger partial charge in [0, 0.05) is 20.7 Å². The number of nitrogens with one attached hydrogen (secondary N) is 1. The first kappa shape index (κ1) is 11.0. The number of ether oxygens (including phenoxy) is 1. The van der Waals surface area contributed by atoms with Crippen molar-refractivity contribution >= 4 is 17.4 Å². The zero-order chi connectivity index (χ0) is 10.6. The molecule has 1 N–H and O–H groups in total. The van der Waals surface area contributed by atoms with Crippen LogP contribution in [0.5, 0.6) is 0 Å². The number of rotatable bonds is 4. The topological polar surface area (TPSA) is 58.2 Å². The molecule has 0 aliphatic rings. The first-order valence-electron chi connectivity index (χ1n) is 4.10. The van der Waals surface area contributed by atoms with Gasteiger partial charge in [-0.2, -0.15) is 0 Å². The standard InChI is InChI=1S/C8H12ClN3O2/c1-12(3-4-14-2)7-6(9)8(13)11-5-10-7/h5H,3-4H2,1-2H3,(H,10,11,13). The smallest absolute Gasteiger partial charge is 0.271 e. The van der Waals surface area contributed by atoms with Gasteiger partial charge in [-0.25, -0.2) is 4.98 Å². The number of hydrogen-bond acceptors (Lipinski definition) is 4. The van der Waals surface area contributed by atoms with E-state index in [1.807, 2.05) is 0 Å². The van der Waals surface area contributed by atoms with Crippen molar-refractivity contribution in [1.29, 1.82) is 0 Å². The monoisotopic (exact) mass is 217 g/mol. The van der Waals surface area contributed by atoms with Crippen LogP contribution >= 0.6 is 11.6 Å². The lowest BCUT2D eigenvalue weighted by atomic mass is 10.5. The summed E-state index contributed by atoms with van der Waals surface area (Å²) in [7, 11) is 3.41. The van der Waals surface area contributed by atoms with Crippen molar-refractivity contribution in [2.45, 2.75) is 0 Å². The molecule has 0 aliphatic heterocycles. The van der Waals surface area contributed by atoms with Crippen LogP contribution in [0.25, 0.3) is 0 Å². The Balaban J connectivity index is 2.84. The molecule has 0 radical (unpaired) electrons. The molecule has 0 fully saturated rings. The molecule has 0 unspecified atom stereocenters. The molecule has 0 saturated carbocycles. The summed E-state index contributed by atoms with van der Waals surface area (Å²) in [5.74, 6) is 0.465. The number of nitrogens with zero attached hydrogens (tertiary/aromatic N) is 2. The van der Waals surface area contributed by atoms with Crippen LogP contribution < -0.4 is 10.5 Å². The molecule has 14 heavy (non-hydrogen) atoms. The largest absolute Gasteiger partial charge is 0.383 e. The van der Waals surface area contributed by atoms with E-state index in [-0.39, 0.29) is 10.6 Å². The summed E-state index contributed by atoms with van der Waals surface area (Å²) in [6.07, 6.45) is 1.33. The first-order chi connectivity index (χ1) is 6.66. The molecule has 0 bridgehead atoms. The van der Waals surface area contributed by atoms with Crippen molar-refractivity contribution in [1.82, 2.24) is 9.97 Å². The molecule has 0 aliphatic carbocycles. The molecule has 5 nitrogen and oxygen atoms in total. The van der Waals surface area contributed by atoms with Gasteiger partial charge in [0.1, 0.15) is 5.02 Å². The molecule has 0 amide bonds. The molecule has 6 heteroatoms. The third kappa shape index (κ3) is 2.46. The van der Waals surface area contributed by atoms with Crippen LogP contribution in [0.1, 0.15) is 0 Å². The summed E-state index contributed by atoms with van der Waals surface area (Å²) in [5.41, 5.74) is -0.332. The number of H-pyrrole nitrogens is 1. The maximum Gasteiger partial charge on any atom is 0.271 e. The van der Waals surface area contributed by atoms with Gasteiger partial charge in [-0.1, -0.05) is 11.6 Å². The highest BCUT2D eigenvalue weighted by atomic mass is 35.5. The van der Waals surface area contributed by atoms with Crippen LogP contribution in [0.4, 0.5) is 5.82 Å². The summed E-state index contributed by atoms with van der Waals surface area (Å²) in [4.78, 5) is 19.3. The molecule has 1 rings (SSSR count). The molecular weight excluding hydrogens is 206 g/mol. The second-order valence-electron chi connectivity index (χ2n) is 2.78. The quantitative estimate of drug-likeness (QED) is 0.798. The highest BCUT2D eigenvalue weighted by molar-refractivity contribution is 6.32. The first-order valence-corrected chi connectivity index (χ1v) is 4.48. The Bertz CT molecular complexity index is 353. The average Bonchev–Trinajstić information content (AvgIpc) is 2.18. The minimum atomic E-state index is -0.332. The summed E-state index contributed by atoms with van der Waals surface area (Å²) in [6.45, 7) is 1.19. The number of likely N-dealkylation sites (N-methyl/N-ethyl adjacent to an activating group) is 1. The minimum absolute atomic E-state index is 0.103. The van der Waals surface area contributed by atoms with Crippen LogP contribution in [0.2, 0.25) is 5.02 Å². The Labute approximate surface area is 86.7 Å². The molecule has 1 aromatic rings. The fraction of sp³-hybridized carbons (Fsp3) is 0.500. The van der Waals surface area contributed by atoms with E-state index in [1.54, 1.807) is 19.1 Å². The van der Waals surface area contributed by atoms with Crippen molar-refractivity contribution in [3.63, 3.8) is 0 Å². The van der Waals surface area contributed by atoms with Gasteiger partial charge in [0.2, 0.25) is 0 Å². The van der Waals surface area contributed by atoms with Crippen LogP contribution in [0.15, 0.2) is 11.1 Å². The van der Waals surface area contributed by atoms with E-state index in [4.69, 9.17) is 16.3 Å². The van der Waals surface area contributed by atoms with Crippen molar-refractivity contribution < 1.29 is 4.74 Å². The number of aromatic amines is 1. The van der Waals surface area contributed by atoms with Crippen LogP contribution in [-0.2, 0) is 4.74 Å². The SMILES string of the molecule is COCCN(C)c1nc[nH]c(=O)c1Cl. The zero-order valence-corrected chi connectivity index (χ0v) is 8.84. The molecule has 78 valence electrons. The minimum Gasteiger partial charge on any atom is -0.383 e. The molecule has 0 saturated heterocycles. The van der Waals surface area contributed by atoms with E-state index in [2.05, 4.69) is 9.97 Å². The molecule has 1 heterocycles. The lowest BCUT2D eigenvalue weighted by Gasteiger charge is -2.17. The van der Waals surface area contributed by atoms with Gasteiger partial charge in [-0.3, -0.25) is 4.79 Å². The van der Waals surface area contributed by atoms with E-state index in [0.29, 0.717) is 19.0 Å². The molecule has 0 spiro atoms. The van der Waals surface area contributed by atoms with Crippen molar-refractivity contribution in [2.24, 2.45) is 0 Å². The molecule has 1 aromatic heterocycles. The molecular formula is C8H12ClN3O2. The summed E-state index contributed by atoms with van der Waals surface area (Å²) in [6, 6.07) is 0. The molecule has 0 aromatic carbocycles. The summed E-state index contributed by atoms with van der Waals surface area (Å²) >= 11 is 5.78. The second-order valence-corrected chi connectivity index (χ2v) is 3.16. The van der Waals surface area contributed by atoms with Crippen molar-refractivity contribution in [2.75, 3.05) is 32.2 Å². The van der Waals surface area contributed by atoms with Gasteiger partial charge in [-0.15, -0.1) is 0 Å². The van der Waals surface area contributed by atoms with Crippen LogP contribution in [0, 0.1) is 0 Å². The van der Waals surface area contributed by atoms with E-state index in [1.165, 1.54) is 6.33 Å². The Kier molecular flexibility index (Phi) is 3.91. The maximum atomic E-state index is 11.1. The third-order valence-electron chi connectivity index (χ3n) is 1.77. The fourth-order valence-electron chi connectivity index (χ4n) is 0.974. The van der Waals surface area contributed by atoms with Crippen LogP contribution in [-0.4, -0.2) is 37.3 Å². The van der Waals surface area contributed by atoms with E-state index in [0.717, 1.165) is 0 Å². The third-order valence-corrected chi connectivity index (χ3v) is 2.11. The number of halogens is 1. The average molecular weight is 218 g/mol.